The van der Waals surface area contributed by atoms with Crippen molar-refractivity contribution < 1.29 is 13.9 Å². The highest BCUT2D eigenvalue weighted by Gasteiger charge is 2.15. The molecular weight excluding hydrogens is 397 g/mol. The second-order valence-corrected chi connectivity index (χ2v) is 6.09. The zero-order valence-electron chi connectivity index (χ0n) is 12.7. The number of hydrazine groups is 1. The summed E-state index contributed by atoms with van der Waals surface area (Å²) >= 11 is 8.32. The van der Waals surface area contributed by atoms with Crippen LogP contribution in [0.4, 0.5) is 10.1 Å². The van der Waals surface area contributed by atoms with Crippen molar-refractivity contribution in [2.75, 3.05) is 5.32 Å². The Labute approximate surface area is 152 Å². The van der Waals surface area contributed by atoms with Crippen molar-refractivity contribution in [3.8, 4) is 5.75 Å². The molecule has 8 heteroatoms. The van der Waals surface area contributed by atoms with Crippen molar-refractivity contribution in [2.45, 2.75) is 13.0 Å². The SMILES string of the molecule is C[C@@H](Oc1cccc(Br)c1)C(=O)NNC(=S)Nc1ccccc1F. The van der Waals surface area contributed by atoms with Crippen molar-refractivity contribution in [1.82, 2.24) is 10.9 Å². The highest BCUT2D eigenvalue weighted by molar-refractivity contribution is 9.10. The van der Waals surface area contributed by atoms with Gasteiger partial charge < -0.3 is 10.1 Å². The zero-order valence-corrected chi connectivity index (χ0v) is 15.1. The fourth-order valence-corrected chi connectivity index (χ4v) is 2.27. The summed E-state index contributed by atoms with van der Waals surface area (Å²) in [4.78, 5) is 12.0. The van der Waals surface area contributed by atoms with E-state index in [-0.39, 0.29) is 10.8 Å². The minimum Gasteiger partial charge on any atom is -0.481 e. The van der Waals surface area contributed by atoms with Crippen molar-refractivity contribution in [3.05, 3.63) is 58.8 Å². The molecule has 1 amide bonds. The fraction of sp³-hybridized carbons (Fsp3) is 0.125. The van der Waals surface area contributed by atoms with Crippen LogP contribution in [0.15, 0.2) is 53.0 Å². The number of halogens is 2. The van der Waals surface area contributed by atoms with E-state index in [1.807, 2.05) is 6.07 Å². The second kappa shape index (κ2) is 8.60. The van der Waals surface area contributed by atoms with Crippen LogP contribution in [0, 0.1) is 5.82 Å². The summed E-state index contributed by atoms with van der Waals surface area (Å²) in [6.07, 6.45) is -0.747. The molecule has 0 radical (unpaired) electrons. The van der Waals surface area contributed by atoms with E-state index in [0.29, 0.717) is 5.75 Å². The second-order valence-electron chi connectivity index (χ2n) is 4.77. The molecule has 0 saturated carbocycles. The van der Waals surface area contributed by atoms with Gasteiger partial charge in [0.25, 0.3) is 5.91 Å². The van der Waals surface area contributed by atoms with Gasteiger partial charge in [0.05, 0.1) is 5.69 Å². The standard InChI is InChI=1S/C16H15BrFN3O2S/c1-10(23-12-6-4-5-11(17)9-12)15(22)20-21-16(24)19-14-8-3-2-7-13(14)18/h2-10H,1H3,(H,20,22)(H2,19,21,24)/t10-/m1/s1. The van der Waals surface area contributed by atoms with Crippen molar-refractivity contribution >= 4 is 44.9 Å². The van der Waals surface area contributed by atoms with Crippen LogP contribution in [-0.2, 0) is 4.79 Å². The summed E-state index contributed by atoms with van der Waals surface area (Å²) in [5, 5.41) is 2.70. The molecule has 126 valence electrons. The summed E-state index contributed by atoms with van der Waals surface area (Å²) in [5.74, 6) is -0.314. The molecule has 0 fully saturated rings. The molecule has 0 spiro atoms. The van der Waals surface area contributed by atoms with Gasteiger partial charge in [-0.2, -0.15) is 0 Å². The number of carbonyl (C=O) groups is 1. The number of hydrogen-bond donors (Lipinski definition) is 3. The van der Waals surface area contributed by atoms with Gasteiger partial charge in [-0.15, -0.1) is 0 Å². The molecule has 0 aliphatic heterocycles. The van der Waals surface area contributed by atoms with Crippen LogP contribution in [-0.4, -0.2) is 17.1 Å². The van der Waals surface area contributed by atoms with Gasteiger partial charge in [-0.05, 0) is 49.5 Å². The molecule has 3 N–H and O–H groups in total. The van der Waals surface area contributed by atoms with Gasteiger partial charge in [0.2, 0.25) is 0 Å². The van der Waals surface area contributed by atoms with E-state index in [1.54, 1.807) is 37.3 Å². The molecule has 2 rings (SSSR count). The summed E-state index contributed by atoms with van der Waals surface area (Å²) in [7, 11) is 0. The van der Waals surface area contributed by atoms with Gasteiger partial charge in [0, 0.05) is 4.47 Å². The first-order valence-corrected chi connectivity index (χ1v) is 8.19. The molecule has 0 saturated heterocycles. The van der Waals surface area contributed by atoms with Crippen molar-refractivity contribution in [1.29, 1.82) is 0 Å². The first-order valence-electron chi connectivity index (χ1n) is 6.99. The molecule has 2 aromatic rings. The Kier molecular flexibility index (Phi) is 6.51. The Morgan fingerprint density at radius 2 is 1.96 bits per heavy atom. The van der Waals surface area contributed by atoms with E-state index in [0.717, 1.165) is 4.47 Å². The summed E-state index contributed by atoms with van der Waals surface area (Å²) < 4.78 is 19.9. The lowest BCUT2D eigenvalue weighted by Crippen LogP contribution is -2.48. The number of anilines is 1. The van der Waals surface area contributed by atoms with Gasteiger partial charge in [-0.1, -0.05) is 34.1 Å². The number of ether oxygens (including phenoxy) is 1. The van der Waals surface area contributed by atoms with Gasteiger partial charge in [0.1, 0.15) is 11.6 Å². The van der Waals surface area contributed by atoms with E-state index in [2.05, 4.69) is 32.1 Å². The highest BCUT2D eigenvalue weighted by atomic mass is 79.9. The van der Waals surface area contributed by atoms with Crippen LogP contribution in [0.5, 0.6) is 5.75 Å². The Morgan fingerprint density at radius 3 is 2.67 bits per heavy atom. The molecule has 0 heterocycles. The number of hydrogen-bond acceptors (Lipinski definition) is 3. The number of amides is 1. The van der Waals surface area contributed by atoms with Crippen LogP contribution in [0.2, 0.25) is 0 Å². The average molecular weight is 412 g/mol. The lowest BCUT2D eigenvalue weighted by Gasteiger charge is -2.16. The molecule has 5 nitrogen and oxygen atoms in total. The maximum absolute atomic E-state index is 13.5. The molecule has 0 aliphatic carbocycles. The lowest BCUT2D eigenvalue weighted by atomic mass is 10.3. The molecule has 0 unspecified atom stereocenters. The summed E-state index contributed by atoms with van der Waals surface area (Å²) in [6.45, 7) is 1.60. The van der Waals surface area contributed by atoms with Gasteiger partial charge in [0.15, 0.2) is 11.2 Å². The summed E-state index contributed by atoms with van der Waals surface area (Å²) in [6, 6.07) is 13.2. The van der Waals surface area contributed by atoms with Crippen LogP contribution in [0.1, 0.15) is 6.92 Å². The molecule has 2 aromatic carbocycles. The minimum absolute atomic E-state index is 0.0584. The normalized spacial score (nSPS) is 11.3. The third kappa shape index (κ3) is 5.47. The fourth-order valence-electron chi connectivity index (χ4n) is 1.73. The Balaban J connectivity index is 1.81. The largest absolute Gasteiger partial charge is 0.481 e. The van der Waals surface area contributed by atoms with Gasteiger partial charge in [-0.25, -0.2) is 4.39 Å². The highest BCUT2D eigenvalue weighted by Crippen LogP contribution is 2.18. The first-order chi connectivity index (χ1) is 11.5. The first kappa shape index (κ1) is 18.2. The number of nitrogens with one attached hydrogen (secondary N) is 3. The molecule has 1 atom stereocenters. The Morgan fingerprint density at radius 1 is 1.21 bits per heavy atom. The number of rotatable bonds is 4. The van der Waals surface area contributed by atoms with Crippen LogP contribution in [0.3, 0.4) is 0 Å². The third-order valence-corrected chi connectivity index (χ3v) is 3.60. The third-order valence-electron chi connectivity index (χ3n) is 2.90. The van der Waals surface area contributed by atoms with E-state index >= 15 is 0 Å². The van der Waals surface area contributed by atoms with E-state index in [1.165, 1.54) is 12.1 Å². The maximum Gasteiger partial charge on any atom is 0.279 e. The number of para-hydroxylation sites is 1. The quantitative estimate of drug-likeness (QED) is 0.531. The minimum atomic E-state index is -0.747. The van der Waals surface area contributed by atoms with Crippen LogP contribution in [0.25, 0.3) is 0 Å². The van der Waals surface area contributed by atoms with Crippen LogP contribution >= 0.6 is 28.1 Å². The number of thiocarbonyl (C=S) groups is 1. The van der Waals surface area contributed by atoms with Crippen molar-refractivity contribution in [2.24, 2.45) is 0 Å². The van der Waals surface area contributed by atoms with E-state index in [9.17, 15) is 9.18 Å². The number of benzene rings is 2. The topological polar surface area (TPSA) is 62.4 Å². The van der Waals surface area contributed by atoms with E-state index in [4.69, 9.17) is 17.0 Å². The predicted octanol–water partition coefficient (Wildman–Crippen LogP) is 3.37. The van der Waals surface area contributed by atoms with Gasteiger partial charge in [-0.3, -0.25) is 15.6 Å². The summed E-state index contributed by atoms with van der Waals surface area (Å²) in [5.41, 5.74) is 5.12. The number of carbonyl (C=O) groups excluding carboxylic acids is 1. The molecular formula is C16H15BrFN3O2S. The van der Waals surface area contributed by atoms with Crippen molar-refractivity contribution in [3.63, 3.8) is 0 Å². The van der Waals surface area contributed by atoms with Crippen LogP contribution < -0.4 is 20.9 Å². The molecule has 0 aliphatic rings. The molecule has 0 aromatic heterocycles. The molecule has 0 bridgehead atoms. The van der Waals surface area contributed by atoms with Gasteiger partial charge >= 0.3 is 0 Å². The Hall–Kier alpha value is -2.19. The Bertz CT molecular complexity index is 745. The average Bonchev–Trinajstić information content (AvgIpc) is 2.54. The molecule has 24 heavy (non-hydrogen) atoms. The maximum atomic E-state index is 13.5. The van der Waals surface area contributed by atoms with E-state index < -0.39 is 17.8 Å². The smallest absolute Gasteiger partial charge is 0.279 e. The lowest BCUT2D eigenvalue weighted by molar-refractivity contribution is -0.127. The zero-order chi connectivity index (χ0) is 17.5. The monoisotopic (exact) mass is 411 g/mol. The predicted molar refractivity (Wildman–Crippen MR) is 98.1 cm³/mol.